The van der Waals surface area contributed by atoms with Crippen molar-refractivity contribution in [2.24, 2.45) is 0 Å². The lowest BCUT2D eigenvalue weighted by molar-refractivity contribution is -0.117. The van der Waals surface area contributed by atoms with Crippen LogP contribution in [0.2, 0.25) is 0 Å². The molecule has 3 N–H and O–H groups in total. The Kier molecular flexibility index (Phi) is 3.83. The fourth-order valence-corrected chi connectivity index (χ4v) is 2.13. The van der Waals surface area contributed by atoms with E-state index < -0.39 is 11.6 Å². The van der Waals surface area contributed by atoms with Crippen molar-refractivity contribution in [3.63, 3.8) is 0 Å². The van der Waals surface area contributed by atoms with E-state index in [1.807, 2.05) is 0 Å². The van der Waals surface area contributed by atoms with Crippen LogP contribution in [0.25, 0.3) is 0 Å². The van der Waals surface area contributed by atoms with Crippen molar-refractivity contribution < 1.29 is 13.6 Å². The second kappa shape index (κ2) is 5.36. The lowest BCUT2D eigenvalue weighted by atomic mass is 10.2. The third kappa shape index (κ3) is 2.62. The molecule has 1 aromatic carbocycles. The lowest BCUT2D eigenvalue weighted by Crippen LogP contribution is -2.25. The number of hydrogen-bond donors (Lipinski definition) is 3. The summed E-state index contributed by atoms with van der Waals surface area (Å²) in [6.07, 6.45) is 0. The first kappa shape index (κ1) is 12.8. The van der Waals surface area contributed by atoms with Crippen LogP contribution in [0.3, 0.4) is 0 Å². The van der Waals surface area contributed by atoms with Crippen LogP contribution >= 0.6 is 11.9 Å². The number of rotatable bonds is 3. The van der Waals surface area contributed by atoms with Gasteiger partial charge in [0.1, 0.15) is 16.5 Å². The summed E-state index contributed by atoms with van der Waals surface area (Å²) in [5, 5.41) is 2.48. The van der Waals surface area contributed by atoms with E-state index in [-0.39, 0.29) is 18.0 Å². The van der Waals surface area contributed by atoms with E-state index in [4.69, 9.17) is 0 Å². The van der Waals surface area contributed by atoms with E-state index in [0.717, 1.165) is 24.1 Å². The number of benzene rings is 1. The van der Waals surface area contributed by atoms with Gasteiger partial charge in [0.05, 0.1) is 0 Å². The molecule has 0 atom stereocenters. The zero-order valence-electron chi connectivity index (χ0n) is 9.51. The van der Waals surface area contributed by atoms with Crippen LogP contribution in [0.5, 0.6) is 0 Å². The van der Waals surface area contributed by atoms with Crippen LogP contribution in [0.15, 0.2) is 28.8 Å². The molecule has 0 radical (unpaired) electrons. The van der Waals surface area contributed by atoms with E-state index in [1.54, 1.807) is 6.92 Å². The minimum Gasteiger partial charge on any atom is -0.347 e. The molecule has 0 spiro atoms. The van der Waals surface area contributed by atoms with E-state index in [0.29, 0.717) is 10.6 Å². The number of carbonyl (C=O) groups excluding carboxylic acids is 1. The van der Waals surface area contributed by atoms with Gasteiger partial charge in [-0.1, -0.05) is 6.07 Å². The van der Waals surface area contributed by atoms with Gasteiger partial charge in [-0.15, -0.1) is 0 Å². The first-order chi connectivity index (χ1) is 8.59. The number of hydrogen-bond acceptors (Lipinski definition) is 4. The Morgan fingerprint density at radius 1 is 1.39 bits per heavy atom. The second-order valence-electron chi connectivity index (χ2n) is 3.67. The molecule has 7 heteroatoms. The molecular formula is C11H11F2N3OS. The van der Waals surface area contributed by atoms with Gasteiger partial charge in [0.25, 0.3) is 5.91 Å². The second-order valence-corrected chi connectivity index (χ2v) is 4.48. The summed E-state index contributed by atoms with van der Waals surface area (Å²) in [7, 11) is 0. The maximum atomic E-state index is 13.3. The third-order valence-corrected chi connectivity index (χ3v) is 3.33. The summed E-state index contributed by atoms with van der Waals surface area (Å²) in [5.41, 5.74) is 3.28. The molecule has 0 aromatic heterocycles. The highest BCUT2D eigenvalue weighted by Gasteiger charge is 2.19. The van der Waals surface area contributed by atoms with Crippen molar-refractivity contribution in [3.8, 4) is 0 Å². The van der Waals surface area contributed by atoms with E-state index >= 15 is 0 Å². The maximum absolute atomic E-state index is 13.3. The van der Waals surface area contributed by atoms with Crippen LogP contribution < -0.4 is 15.6 Å². The van der Waals surface area contributed by atoms with Gasteiger partial charge in [-0.2, -0.15) is 4.83 Å². The molecule has 0 unspecified atom stereocenters. The average molecular weight is 271 g/mol. The van der Waals surface area contributed by atoms with Gasteiger partial charge in [-0.25, -0.2) is 8.78 Å². The number of nitrogens with one attached hydrogen (secondary N) is 3. The van der Waals surface area contributed by atoms with Crippen molar-refractivity contribution in [2.45, 2.75) is 13.5 Å². The predicted octanol–water partition coefficient (Wildman–Crippen LogP) is 1.57. The molecule has 0 saturated carbocycles. The fraction of sp³-hybridized carbons (Fsp3) is 0.182. The summed E-state index contributed by atoms with van der Waals surface area (Å²) in [6, 6.07) is 3.59. The zero-order chi connectivity index (χ0) is 13.1. The van der Waals surface area contributed by atoms with E-state index in [2.05, 4.69) is 15.6 Å². The molecule has 1 heterocycles. The minimum absolute atomic E-state index is 0.145. The molecule has 0 aliphatic carbocycles. The van der Waals surface area contributed by atoms with Gasteiger partial charge in [-0.3, -0.25) is 4.79 Å². The Hall–Kier alpha value is -1.60. The van der Waals surface area contributed by atoms with Crippen LogP contribution in [-0.2, 0) is 11.3 Å². The summed E-state index contributed by atoms with van der Waals surface area (Å²) in [5.74, 6) is -1.72. The molecule has 0 bridgehead atoms. The molecule has 2 rings (SSSR count). The molecule has 0 saturated heterocycles. The van der Waals surface area contributed by atoms with Crippen molar-refractivity contribution in [2.75, 3.05) is 0 Å². The van der Waals surface area contributed by atoms with Crippen molar-refractivity contribution in [1.29, 1.82) is 0 Å². The van der Waals surface area contributed by atoms with Gasteiger partial charge in [0.15, 0.2) is 0 Å². The molecule has 1 aliphatic heterocycles. The maximum Gasteiger partial charge on any atom is 0.261 e. The van der Waals surface area contributed by atoms with Crippen molar-refractivity contribution in [1.82, 2.24) is 15.6 Å². The molecule has 0 fully saturated rings. The Labute approximate surface area is 107 Å². The van der Waals surface area contributed by atoms with E-state index in [9.17, 15) is 13.6 Å². The molecular weight excluding hydrogens is 260 g/mol. The summed E-state index contributed by atoms with van der Waals surface area (Å²) < 4.78 is 26.6. The summed E-state index contributed by atoms with van der Waals surface area (Å²) >= 11 is 1.12. The smallest absolute Gasteiger partial charge is 0.261 e. The molecule has 1 aliphatic rings. The topological polar surface area (TPSA) is 53.2 Å². The zero-order valence-corrected chi connectivity index (χ0v) is 10.3. The highest BCUT2D eigenvalue weighted by atomic mass is 32.2. The molecule has 96 valence electrons. The van der Waals surface area contributed by atoms with Crippen molar-refractivity contribution >= 4 is 17.9 Å². The molecule has 1 aromatic rings. The Balaban J connectivity index is 2.04. The predicted molar refractivity (Wildman–Crippen MR) is 64.8 cm³/mol. The van der Waals surface area contributed by atoms with Crippen LogP contribution in [0, 0.1) is 11.6 Å². The highest BCUT2D eigenvalue weighted by molar-refractivity contribution is 8.02. The van der Waals surface area contributed by atoms with Crippen LogP contribution in [-0.4, -0.2) is 5.91 Å². The lowest BCUT2D eigenvalue weighted by Gasteiger charge is -2.07. The summed E-state index contributed by atoms with van der Waals surface area (Å²) in [6.45, 7) is 1.54. The number of allylic oxidation sites excluding steroid dienone is 1. The normalized spacial score (nSPS) is 14.6. The third-order valence-electron chi connectivity index (χ3n) is 2.43. The summed E-state index contributed by atoms with van der Waals surface area (Å²) in [4.78, 5) is 14.9. The Morgan fingerprint density at radius 3 is 2.61 bits per heavy atom. The van der Waals surface area contributed by atoms with Crippen molar-refractivity contribution in [3.05, 3.63) is 46.0 Å². The fourth-order valence-electron chi connectivity index (χ4n) is 1.45. The first-order valence-corrected chi connectivity index (χ1v) is 6.01. The SMILES string of the molecule is CC1=C(C(=O)NCc2c(F)cccc2F)SNN1. The standard InChI is InChI=1S/C11H11F2N3OS/c1-6-10(18-16-15-6)11(17)14-5-7-8(12)3-2-4-9(7)13/h2-4,15-16H,5H2,1H3,(H,14,17). The number of amides is 1. The van der Waals surface area contributed by atoms with Gasteiger partial charge >= 0.3 is 0 Å². The molecule has 4 nitrogen and oxygen atoms in total. The quantitative estimate of drug-likeness (QED) is 0.730. The molecule has 18 heavy (non-hydrogen) atoms. The number of carbonyl (C=O) groups is 1. The highest BCUT2D eigenvalue weighted by Crippen LogP contribution is 2.20. The number of halogens is 2. The Bertz CT molecular complexity index is 499. The van der Waals surface area contributed by atoms with Gasteiger partial charge in [0, 0.05) is 17.8 Å². The van der Waals surface area contributed by atoms with E-state index in [1.165, 1.54) is 6.07 Å². The van der Waals surface area contributed by atoms with Gasteiger partial charge < -0.3 is 10.7 Å². The monoisotopic (exact) mass is 271 g/mol. The number of hydrazine groups is 1. The molecule has 1 amide bonds. The van der Waals surface area contributed by atoms with Gasteiger partial charge in [-0.05, 0) is 31.0 Å². The van der Waals surface area contributed by atoms with Gasteiger partial charge in [0.2, 0.25) is 0 Å². The van der Waals surface area contributed by atoms with Crippen LogP contribution in [0.1, 0.15) is 12.5 Å². The Morgan fingerprint density at radius 2 is 2.06 bits per heavy atom. The average Bonchev–Trinajstić information content (AvgIpc) is 2.74. The first-order valence-electron chi connectivity index (χ1n) is 5.19. The van der Waals surface area contributed by atoms with Crippen LogP contribution in [0.4, 0.5) is 8.78 Å². The largest absolute Gasteiger partial charge is 0.347 e. The minimum atomic E-state index is -0.670.